The third kappa shape index (κ3) is 2.54. The van der Waals surface area contributed by atoms with Crippen molar-refractivity contribution in [1.82, 2.24) is 4.90 Å². The van der Waals surface area contributed by atoms with Crippen molar-refractivity contribution in [3.63, 3.8) is 0 Å². The zero-order valence-corrected chi connectivity index (χ0v) is 11.7. The summed E-state index contributed by atoms with van der Waals surface area (Å²) in [6, 6.07) is 9.24. The van der Waals surface area contributed by atoms with Gasteiger partial charge in [-0.15, -0.1) is 0 Å². The van der Waals surface area contributed by atoms with E-state index >= 15 is 0 Å². The summed E-state index contributed by atoms with van der Waals surface area (Å²) in [5.74, 6) is -0.339. The van der Waals surface area contributed by atoms with Crippen LogP contribution in [0.1, 0.15) is 12.0 Å². The van der Waals surface area contributed by atoms with Crippen LogP contribution in [0.15, 0.2) is 30.3 Å². The summed E-state index contributed by atoms with van der Waals surface area (Å²) in [6.45, 7) is 0.723. The van der Waals surface area contributed by atoms with Crippen molar-refractivity contribution in [2.45, 2.75) is 6.42 Å². The number of nitrogens with zero attached hydrogens (tertiary/aromatic N) is 2. The van der Waals surface area contributed by atoms with Crippen molar-refractivity contribution in [3.05, 3.63) is 41.3 Å². The number of rotatable bonds is 2. The Kier molecular flexibility index (Phi) is 4.71. The van der Waals surface area contributed by atoms with Crippen LogP contribution in [0, 0.1) is 5.92 Å². The van der Waals surface area contributed by atoms with Crippen molar-refractivity contribution in [1.29, 1.82) is 0 Å². The van der Waals surface area contributed by atoms with Crippen LogP contribution in [0.2, 0.25) is 0 Å². The van der Waals surface area contributed by atoms with Crippen LogP contribution >= 0.6 is 0 Å². The van der Waals surface area contributed by atoms with Gasteiger partial charge in [0.1, 0.15) is 0 Å². The van der Waals surface area contributed by atoms with Crippen LogP contribution in [-0.2, 0) is 4.79 Å². The van der Waals surface area contributed by atoms with Crippen molar-refractivity contribution >= 4 is 11.6 Å². The van der Waals surface area contributed by atoms with E-state index in [2.05, 4.69) is 0 Å². The van der Waals surface area contributed by atoms with Crippen LogP contribution in [0.3, 0.4) is 0 Å². The van der Waals surface area contributed by atoms with Gasteiger partial charge in [0, 0.05) is 19.5 Å². The maximum Gasteiger partial charge on any atom is 1.00 e. The van der Waals surface area contributed by atoms with Crippen LogP contribution in [-0.4, -0.2) is 30.1 Å². The van der Waals surface area contributed by atoms with Gasteiger partial charge in [0.2, 0.25) is 5.91 Å². The second-order valence-corrected chi connectivity index (χ2v) is 3.85. The van der Waals surface area contributed by atoms with E-state index in [4.69, 9.17) is 0 Å². The first-order valence-corrected chi connectivity index (χ1v) is 5.06. The van der Waals surface area contributed by atoms with Crippen LogP contribution < -0.4 is 29.6 Å². The molecule has 0 spiro atoms. The largest absolute Gasteiger partial charge is 1.00 e. The van der Waals surface area contributed by atoms with Crippen molar-refractivity contribution < 1.29 is 34.4 Å². The molecule has 1 saturated heterocycles. The standard InChI is InChI=1S/C12H13N2O.Na/c1-14-8-7-10(12(14)15)11(13)9-5-3-2-4-6-9;/h2-6,10H,7-8H2,1H3;/q-1;+1. The zero-order valence-electron chi connectivity index (χ0n) is 9.68. The normalized spacial score (nSPS) is 19.4. The molecule has 0 aromatic heterocycles. The summed E-state index contributed by atoms with van der Waals surface area (Å²) in [4.78, 5) is 13.3. The Labute approximate surface area is 118 Å². The molecule has 4 heteroatoms. The average Bonchev–Trinajstić information content (AvgIpc) is 2.60. The van der Waals surface area contributed by atoms with Crippen molar-refractivity contribution in [2.75, 3.05) is 13.6 Å². The fourth-order valence-corrected chi connectivity index (χ4v) is 1.89. The number of carbonyl (C=O) groups excluding carboxylic acids is 1. The molecule has 1 aliphatic rings. The first-order valence-electron chi connectivity index (χ1n) is 5.06. The quantitative estimate of drug-likeness (QED) is 0.446. The van der Waals surface area contributed by atoms with Gasteiger partial charge in [0.15, 0.2) is 0 Å². The molecule has 0 saturated carbocycles. The van der Waals surface area contributed by atoms with Gasteiger partial charge in [-0.1, -0.05) is 30.3 Å². The Bertz CT molecular complexity index is 391. The van der Waals surface area contributed by atoms with E-state index in [1.54, 1.807) is 11.9 Å². The fraction of sp³-hybridized carbons (Fsp3) is 0.333. The minimum atomic E-state index is -0.350. The molecule has 1 aromatic rings. The molecule has 0 aliphatic carbocycles. The fourth-order valence-electron chi connectivity index (χ4n) is 1.89. The molecular weight excluding hydrogens is 211 g/mol. The van der Waals surface area contributed by atoms with E-state index in [0.29, 0.717) is 6.42 Å². The van der Waals surface area contributed by atoms with Crippen LogP contribution in [0.25, 0.3) is 5.41 Å². The molecule has 0 radical (unpaired) electrons. The van der Waals surface area contributed by atoms with E-state index in [9.17, 15) is 10.2 Å². The van der Waals surface area contributed by atoms with Gasteiger partial charge < -0.3 is 10.3 Å². The molecule has 16 heavy (non-hydrogen) atoms. The molecule has 0 N–H and O–H groups in total. The predicted octanol–water partition coefficient (Wildman–Crippen LogP) is -1.47. The Morgan fingerprint density at radius 3 is 2.50 bits per heavy atom. The summed E-state index contributed by atoms with van der Waals surface area (Å²) >= 11 is 0. The van der Waals surface area contributed by atoms with Crippen LogP contribution in [0.5, 0.6) is 0 Å². The van der Waals surface area contributed by atoms with Crippen molar-refractivity contribution in [3.8, 4) is 0 Å². The molecule has 1 unspecified atom stereocenters. The molecule has 78 valence electrons. The first-order chi connectivity index (χ1) is 7.20. The monoisotopic (exact) mass is 224 g/mol. The molecule has 2 rings (SSSR count). The molecule has 1 aliphatic heterocycles. The second-order valence-electron chi connectivity index (χ2n) is 3.85. The van der Waals surface area contributed by atoms with E-state index in [1.165, 1.54) is 0 Å². The topological polar surface area (TPSA) is 42.6 Å². The first kappa shape index (κ1) is 13.4. The van der Waals surface area contributed by atoms with E-state index < -0.39 is 0 Å². The van der Waals surface area contributed by atoms with Gasteiger partial charge in [0.05, 0.1) is 0 Å². The molecule has 1 atom stereocenters. The van der Waals surface area contributed by atoms with Gasteiger partial charge in [-0.3, -0.25) is 4.79 Å². The third-order valence-electron chi connectivity index (χ3n) is 2.83. The zero-order chi connectivity index (χ0) is 10.8. The summed E-state index contributed by atoms with van der Waals surface area (Å²) in [6.07, 6.45) is 0.704. The maximum atomic E-state index is 11.7. The molecule has 1 heterocycles. The summed E-state index contributed by atoms with van der Waals surface area (Å²) < 4.78 is 0. The van der Waals surface area contributed by atoms with Gasteiger partial charge >= 0.3 is 29.6 Å². The van der Waals surface area contributed by atoms with Gasteiger partial charge in [0.25, 0.3) is 0 Å². The number of likely N-dealkylation sites (tertiary alicyclic amines) is 1. The molecule has 3 nitrogen and oxygen atoms in total. The predicted molar refractivity (Wildman–Crippen MR) is 59.7 cm³/mol. The number of carbonyl (C=O) groups is 1. The molecule has 0 bridgehead atoms. The number of hydrogen-bond acceptors (Lipinski definition) is 1. The number of benzene rings is 1. The molecule has 1 amide bonds. The molecule has 1 aromatic carbocycles. The third-order valence-corrected chi connectivity index (χ3v) is 2.83. The van der Waals surface area contributed by atoms with Gasteiger partial charge in [-0.05, 0) is 12.0 Å². The Balaban J connectivity index is 0.00000128. The Morgan fingerprint density at radius 1 is 1.38 bits per heavy atom. The number of hydrogen-bond donors (Lipinski definition) is 0. The van der Waals surface area contributed by atoms with E-state index in [-0.39, 0.29) is 47.1 Å². The SMILES string of the molecule is CN1CCC(C(=[N-])c2ccccc2)C1=O.[Na+]. The number of amides is 1. The van der Waals surface area contributed by atoms with Crippen molar-refractivity contribution in [2.24, 2.45) is 5.92 Å². The Hall–Kier alpha value is -0.640. The summed E-state index contributed by atoms with van der Waals surface area (Å²) in [7, 11) is 1.76. The smallest absolute Gasteiger partial charge is 0.806 e. The molecular formula is C12H13N2NaO. The van der Waals surface area contributed by atoms with E-state index in [1.807, 2.05) is 30.3 Å². The van der Waals surface area contributed by atoms with Crippen LogP contribution in [0.4, 0.5) is 0 Å². The summed E-state index contributed by atoms with van der Waals surface area (Å²) in [5, 5.41) is 9.98. The maximum absolute atomic E-state index is 11.7. The van der Waals surface area contributed by atoms with Gasteiger partial charge in [-0.25, -0.2) is 0 Å². The average molecular weight is 224 g/mol. The molecule has 1 fully saturated rings. The van der Waals surface area contributed by atoms with Gasteiger partial charge in [-0.2, -0.15) is 5.71 Å². The summed E-state index contributed by atoms with van der Waals surface area (Å²) in [5.41, 5.74) is 0.941. The minimum Gasteiger partial charge on any atom is -0.806 e. The minimum absolute atomic E-state index is 0. The van der Waals surface area contributed by atoms with E-state index in [0.717, 1.165) is 12.1 Å². The Morgan fingerprint density at radius 2 is 2.00 bits per heavy atom. The second kappa shape index (κ2) is 5.62.